The summed E-state index contributed by atoms with van der Waals surface area (Å²) < 4.78 is 0. The Balaban J connectivity index is 1.79. The highest BCUT2D eigenvalue weighted by molar-refractivity contribution is 6.32. The second-order valence-corrected chi connectivity index (χ2v) is 8.68. The Kier molecular flexibility index (Phi) is 5.31. The first-order valence-electron chi connectivity index (χ1n) is 10.9. The number of rotatable bonds is 3. The molecule has 0 radical (unpaired) electrons. The van der Waals surface area contributed by atoms with Crippen molar-refractivity contribution in [2.45, 2.75) is 12.8 Å². The lowest BCUT2D eigenvalue weighted by Gasteiger charge is -2.37. The number of amides is 1. The number of nitrogens with two attached hydrogens (primary N) is 1. The van der Waals surface area contributed by atoms with Crippen molar-refractivity contribution in [2.75, 3.05) is 5.01 Å². The number of carbonyl (C=O) groups is 1. The zero-order valence-electron chi connectivity index (χ0n) is 18.4. The van der Waals surface area contributed by atoms with Gasteiger partial charge in [-0.3, -0.25) is 4.79 Å². The fraction of sp³-hybridized carbons (Fsp3) is 0.107. The number of nitrogens with zero attached hydrogens (tertiary/aromatic N) is 3. The van der Waals surface area contributed by atoms with Crippen LogP contribution in [0.4, 0.5) is 5.69 Å². The fourth-order valence-electron chi connectivity index (χ4n) is 4.87. The van der Waals surface area contributed by atoms with Crippen molar-refractivity contribution in [1.82, 2.24) is 0 Å². The molecule has 3 aromatic carbocycles. The quantitative estimate of drug-likeness (QED) is 0.542. The number of benzene rings is 3. The largest absolute Gasteiger partial charge is 0.400 e. The van der Waals surface area contributed by atoms with Gasteiger partial charge in [0.15, 0.2) is 5.41 Å². The molecule has 2 N–H and O–H groups in total. The Morgan fingerprint density at radius 2 is 1.62 bits per heavy atom. The van der Waals surface area contributed by atoms with Crippen molar-refractivity contribution in [3.05, 3.63) is 118 Å². The number of hydrogen-bond acceptors (Lipinski definition) is 4. The first-order chi connectivity index (χ1) is 16.5. The third-order valence-corrected chi connectivity index (χ3v) is 6.84. The summed E-state index contributed by atoms with van der Waals surface area (Å²) in [7, 11) is 0. The van der Waals surface area contributed by atoms with Crippen LogP contribution in [0.15, 0.2) is 107 Å². The molecule has 1 aliphatic carbocycles. The molecule has 5 nitrogen and oxygen atoms in total. The molecule has 0 aromatic heterocycles. The van der Waals surface area contributed by atoms with E-state index in [2.05, 4.69) is 11.2 Å². The minimum atomic E-state index is -1.39. The topological polar surface area (TPSA) is 82.5 Å². The average Bonchev–Trinajstić information content (AvgIpc) is 3.13. The molecule has 3 aromatic rings. The van der Waals surface area contributed by atoms with E-state index in [-0.39, 0.29) is 11.6 Å². The molecular formula is C28H21ClN4O. The van der Waals surface area contributed by atoms with Crippen LogP contribution in [0.25, 0.3) is 5.57 Å². The van der Waals surface area contributed by atoms with Crippen molar-refractivity contribution in [1.29, 1.82) is 5.26 Å². The van der Waals surface area contributed by atoms with Gasteiger partial charge in [0.1, 0.15) is 0 Å². The van der Waals surface area contributed by atoms with Crippen LogP contribution in [0.1, 0.15) is 24.0 Å². The van der Waals surface area contributed by atoms with Gasteiger partial charge in [0.25, 0.3) is 5.91 Å². The van der Waals surface area contributed by atoms with E-state index in [1.807, 2.05) is 84.9 Å². The van der Waals surface area contributed by atoms with Crippen LogP contribution in [0.3, 0.4) is 0 Å². The van der Waals surface area contributed by atoms with E-state index in [1.165, 1.54) is 5.01 Å². The molecule has 6 heteroatoms. The van der Waals surface area contributed by atoms with Crippen LogP contribution in [0.5, 0.6) is 0 Å². The number of halogens is 1. The maximum atomic E-state index is 14.2. The van der Waals surface area contributed by atoms with Crippen LogP contribution in [0.2, 0.25) is 5.02 Å². The lowest BCUT2D eigenvalue weighted by Crippen LogP contribution is -2.47. The molecule has 0 unspecified atom stereocenters. The molecule has 5 rings (SSSR count). The third kappa shape index (κ3) is 3.07. The predicted octanol–water partition coefficient (Wildman–Crippen LogP) is 5.67. The molecule has 0 saturated carbocycles. The van der Waals surface area contributed by atoms with E-state index in [0.717, 1.165) is 11.1 Å². The Hall–Kier alpha value is -4.14. The van der Waals surface area contributed by atoms with Crippen molar-refractivity contribution < 1.29 is 4.79 Å². The number of para-hydroxylation sites is 1. The minimum Gasteiger partial charge on any atom is -0.400 e. The van der Waals surface area contributed by atoms with Crippen LogP contribution >= 0.6 is 11.6 Å². The molecule has 1 aliphatic heterocycles. The van der Waals surface area contributed by atoms with Crippen LogP contribution in [-0.4, -0.2) is 11.6 Å². The monoisotopic (exact) mass is 464 g/mol. The maximum absolute atomic E-state index is 14.2. The lowest BCUT2D eigenvalue weighted by molar-refractivity contribution is -0.120. The van der Waals surface area contributed by atoms with Gasteiger partial charge in [0.2, 0.25) is 0 Å². The molecule has 1 heterocycles. The summed E-state index contributed by atoms with van der Waals surface area (Å²) in [6, 6.07) is 28.5. The van der Waals surface area contributed by atoms with Crippen LogP contribution in [0, 0.1) is 16.7 Å². The summed E-state index contributed by atoms with van der Waals surface area (Å²) in [5, 5.41) is 16.8. The van der Waals surface area contributed by atoms with E-state index < -0.39 is 11.3 Å². The average molecular weight is 465 g/mol. The molecule has 2 aliphatic rings. The van der Waals surface area contributed by atoms with Gasteiger partial charge >= 0.3 is 0 Å². The molecular weight excluding hydrogens is 444 g/mol. The molecule has 1 amide bonds. The summed E-state index contributed by atoms with van der Waals surface area (Å²) in [5.41, 5.74) is 9.32. The highest BCUT2D eigenvalue weighted by Crippen LogP contribution is 2.53. The van der Waals surface area contributed by atoms with E-state index in [0.29, 0.717) is 27.6 Å². The summed E-state index contributed by atoms with van der Waals surface area (Å²) in [5.74, 6) is -0.805. The van der Waals surface area contributed by atoms with Crippen molar-refractivity contribution in [3.8, 4) is 6.07 Å². The SMILES string of the molecule is CC1=NN(c2ccccc2)C(=O)[C@@]12C(c1ccccc1)=C[C@H](c1ccccc1Cl)C(C#N)=C2N. The first-order valence-corrected chi connectivity index (χ1v) is 11.3. The molecule has 2 atom stereocenters. The summed E-state index contributed by atoms with van der Waals surface area (Å²) >= 11 is 6.53. The van der Waals surface area contributed by atoms with Gasteiger partial charge in [-0.2, -0.15) is 15.4 Å². The molecule has 0 fully saturated rings. The minimum absolute atomic E-state index is 0.186. The van der Waals surface area contributed by atoms with Gasteiger partial charge in [-0.25, -0.2) is 0 Å². The second kappa shape index (κ2) is 8.33. The zero-order chi connectivity index (χ0) is 23.9. The Labute approximate surface area is 203 Å². The van der Waals surface area contributed by atoms with E-state index >= 15 is 0 Å². The highest BCUT2D eigenvalue weighted by Gasteiger charge is 2.57. The van der Waals surface area contributed by atoms with Gasteiger partial charge in [-0.1, -0.05) is 84.4 Å². The standard InChI is InChI=1S/C28H21ClN4O/c1-18-28(27(34)33(32-18)20-12-6-3-7-13-20)24(19-10-4-2-5-11-19)16-22(23(17-30)26(28)31)21-14-8-9-15-25(21)29/h2-16,22H,31H2,1H3/t22-,28-/m1/s1. The molecule has 0 bridgehead atoms. The fourth-order valence-corrected chi connectivity index (χ4v) is 5.12. The number of hydrogen-bond donors (Lipinski definition) is 1. The second-order valence-electron chi connectivity index (χ2n) is 8.27. The Bertz CT molecular complexity index is 1420. The van der Waals surface area contributed by atoms with Gasteiger partial charge in [0, 0.05) is 16.6 Å². The number of anilines is 1. The van der Waals surface area contributed by atoms with Crippen molar-refractivity contribution in [2.24, 2.45) is 16.3 Å². The summed E-state index contributed by atoms with van der Waals surface area (Å²) in [6.07, 6.45) is 1.94. The van der Waals surface area contributed by atoms with E-state index in [9.17, 15) is 10.1 Å². The van der Waals surface area contributed by atoms with Gasteiger partial charge in [0.05, 0.1) is 23.0 Å². The number of nitriles is 1. The maximum Gasteiger partial charge on any atom is 0.269 e. The molecule has 34 heavy (non-hydrogen) atoms. The third-order valence-electron chi connectivity index (χ3n) is 6.49. The van der Waals surface area contributed by atoms with E-state index in [4.69, 9.17) is 17.3 Å². The first kappa shape index (κ1) is 21.7. The van der Waals surface area contributed by atoms with Crippen LogP contribution < -0.4 is 10.7 Å². The predicted molar refractivity (Wildman–Crippen MR) is 135 cm³/mol. The number of allylic oxidation sites excluding steroid dienone is 2. The number of hydrazone groups is 1. The normalized spacial score (nSPS) is 22.0. The van der Waals surface area contributed by atoms with Gasteiger partial charge < -0.3 is 5.73 Å². The van der Waals surface area contributed by atoms with Crippen molar-refractivity contribution in [3.63, 3.8) is 0 Å². The van der Waals surface area contributed by atoms with Gasteiger partial charge in [-0.05, 0) is 41.8 Å². The van der Waals surface area contributed by atoms with Crippen LogP contribution in [-0.2, 0) is 4.79 Å². The smallest absolute Gasteiger partial charge is 0.269 e. The Morgan fingerprint density at radius 1 is 1.00 bits per heavy atom. The van der Waals surface area contributed by atoms with E-state index in [1.54, 1.807) is 13.0 Å². The lowest BCUT2D eigenvalue weighted by atomic mass is 9.64. The highest BCUT2D eigenvalue weighted by atomic mass is 35.5. The summed E-state index contributed by atoms with van der Waals surface area (Å²) in [4.78, 5) is 14.2. The molecule has 1 spiro atoms. The molecule has 166 valence electrons. The Morgan fingerprint density at radius 3 is 2.26 bits per heavy atom. The van der Waals surface area contributed by atoms with Gasteiger partial charge in [-0.15, -0.1) is 0 Å². The summed E-state index contributed by atoms with van der Waals surface area (Å²) in [6.45, 7) is 1.79. The zero-order valence-corrected chi connectivity index (χ0v) is 19.2. The molecule has 0 saturated heterocycles. The number of carbonyl (C=O) groups excluding carboxylic acids is 1. The van der Waals surface area contributed by atoms with Crippen molar-refractivity contribution >= 4 is 34.5 Å².